The second-order valence-electron chi connectivity index (χ2n) is 4.05. The lowest BCUT2D eigenvalue weighted by atomic mass is 10.2. The molecule has 1 aliphatic heterocycles. The summed E-state index contributed by atoms with van der Waals surface area (Å²) < 4.78 is 5.05. The van der Waals surface area contributed by atoms with Crippen molar-refractivity contribution in [3.05, 3.63) is 35.9 Å². The van der Waals surface area contributed by atoms with E-state index in [2.05, 4.69) is 0 Å². The van der Waals surface area contributed by atoms with E-state index in [1.165, 1.54) is 4.90 Å². The molecule has 1 aromatic rings. The fourth-order valence-corrected chi connectivity index (χ4v) is 1.97. The lowest BCUT2D eigenvalue weighted by molar-refractivity contribution is -0.120. The van der Waals surface area contributed by atoms with Crippen LogP contribution in [0, 0.1) is 0 Å². The van der Waals surface area contributed by atoms with Gasteiger partial charge in [0.1, 0.15) is 5.75 Å². The molecule has 18 heavy (non-hydrogen) atoms. The number of carbonyl (C=O) groups is 2. The smallest absolute Gasteiger partial charge is 0.261 e. The molecule has 0 atom stereocenters. The minimum atomic E-state index is -0.216. The second kappa shape index (κ2) is 5.04. The van der Waals surface area contributed by atoms with E-state index in [1.54, 1.807) is 31.4 Å². The summed E-state index contributed by atoms with van der Waals surface area (Å²) >= 11 is 0. The van der Waals surface area contributed by atoms with Crippen LogP contribution in [0.2, 0.25) is 0 Å². The summed E-state index contributed by atoms with van der Waals surface area (Å²) in [5.74, 6) is 0.305. The molecule has 4 nitrogen and oxygen atoms in total. The van der Waals surface area contributed by atoms with Crippen molar-refractivity contribution in [2.24, 2.45) is 0 Å². The Morgan fingerprint density at radius 3 is 2.50 bits per heavy atom. The molecule has 0 bridgehead atoms. The Bertz CT molecular complexity index is 502. The van der Waals surface area contributed by atoms with Crippen LogP contribution in [0.15, 0.2) is 35.9 Å². The number of ether oxygens (including phenoxy) is 1. The summed E-state index contributed by atoms with van der Waals surface area (Å²) in [6.45, 7) is 1.95. The first-order valence-electron chi connectivity index (χ1n) is 5.87. The first-order valence-corrected chi connectivity index (χ1v) is 5.87. The topological polar surface area (TPSA) is 46.6 Å². The molecule has 1 heterocycles. The van der Waals surface area contributed by atoms with Gasteiger partial charge in [-0.3, -0.25) is 9.59 Å². The molecule has 1 aromatic carbocycles. The Kier molecular flexibility index (Phi) is 3.46. The molecule has 0 saturated carbocycles. The van der Waals surface area contributed by atoms with Crippen LogP contribution in [-0.2, 0) is 9.59 Å². The van der Waals surface area contributed by atoms with Gasteiger partial charge in [0.05, 0.1) is 19.2 Å². The maximum absolute atomic E-state index is 12.1. The molecule has 1 saturated heterocycles. The minimum Gasteiger partial charge on any atom is -0.497 e. The summed E-state index contributed by atoms with van der Waals surface area (Å²) in [5, 5.41) is 0. The summed E-state index contributed by atoms with van der Waals surface area (Å²) in [6, 6.07) is 6.89. The Morgan fingerprint density at radius 1 is 1.28 bits per heavy atom. The van der Waals surface area contributed by atoms with Crippen LogP contribution in [0.3, 0.4) is 0 Å². The van der Waals surface area contributed by atoms with Gasteiger partial charge in [0.15, 0.2) is 0 Å². The fourth-order valence-electron chi connectivity index (χ4n) is 1.97. The second-order valence-corrected chi connectivity index (χ2v) is 4.05. The van der Waals surface area contributed by atoms with Crippen molar-refractivity contribution in [2.45, 2.75) is 19.8 Å². The molecule has 0 unspecified atom stereocenters. The number of imide groups is 1. The Labute approximate surface area is 106 Å². The van der Waals surface area contributed by atoms with Gasteiger partial charge in [0.2, 0.25) is 5.91 Å². The molecule has 2 rings (SSSR count). The predicted octanol–water partition coefficient (Wildman–Crippen LogP) is 2.29. The molecule has 0 spiro atoms. The van der Waals surface area contributed by atoms with E-state index in [9.17, 15) is 9.59 Å². The van der Waals surface area contributed by atoms with Crippen molar-refractivity contribution in [3.63, 3.8) is 0 Å². The van der Waals surface area contributed by atoms with Crippen LogP contribution in [-0.4, -0.2) is 18.9 Å². The average molecular weight is 245 g/mol. The van der Waals surface area contributed by atoms with Crippen LogP contribution in [0.25, 0.3) is 0 Å². The van der Waals surface area contributed by atoms with Gasteiger partial charge in [0.25, 0.3) is 5.91 Å². The normalized spacial score (nSPS) is 17.7. The largest absolute Gasteiger partial charge is 0.497 e. The summed E-state index contributed by atoms with van der Waals surface area (Å²) in [7, 11) is 1.57. The number of carbonyl (C=O) groups excluding carboxylic acids is 2. The van der Waals surface area contributed by atoms with Crippen LogP contribution in [0.1, 0.15) is 19.8 Å². The van der Waals surface area contributed by atoms with Gasteiger partial charge < -0.3 is 4.74 Å². The molecular formula is C14H15NO3. The molecule has 0 aliphatic carbocycles. The molecule has 0 aromatic heterocycles. The van der Waals surface area contributed by atoms with Gasteiger partial charge in [-0.05, 0) is 30.7 Å². The van der Waals surface area contributed by atoms with Crippen molar-refractivity contribution in [1.82, 2.24) is 0 Å². The van der Waals surface area contributed by atoms with Crippen molar-refractivity contribution in [3.8, 4) is 5.75 Å². The lowest BCUT2D eigenvalue weighted by Gasteiger charge is -2.13. The van der Waals surface area contributed by atoms with Crippen molar-refractivity contribution in [1.29, 1.82) is 0 Å². The van der Waals surface area contributed by atoms with Crippen molar-refractivity contribution in [2.75, 3.05) is 12.0 Å². The number of nitrogens with zero attached hydrogens (tertiary/aromatic N) is 1. The number of allylic oxidation sites excluding steroid dienone is 1. The zero-order chi connectivity index (χ0) is 13.1. The number of amides is 2. The summed E-state index contributed by atoms with van der Waals surface area (Å²) in [6.07, 6.45) is 2.76. The molecule has 2 amide bonds. The average Bonchev–Trinajstić information content (AvgIpc) is 2.65. The van der Waals surface area contributed by atoms with E-state index < -0.39 is 0 Å². The number of methoxy groups -OCH3 is 1. The maximum atomic E-state index is 12.1. The van der Waals surface area contributed by atoms with Crippen LogP contribution < -0.4 is 9.64 Å². The van der Waals surface area contributed by atoms with Crippen LogP contribution in [0.4, 0.5) is 5.69 Å². The first kappa shape index (κ1) is 12.4. The zero-order valence-corrected chi connectivity index (χ0v) is 10.5. The number of anilines is 1. The third-order valence-electron chi connectivity index (χ3n) is 2.85. The van der Waals surface area contributed by atoms with Gasteiger partial charge in [-0.25, -0.2) is 4.90 Å². The highest BCUT2D eigenvalue weighted by atomic mass is 16.5. The van der Waals surface area contributed by atoms with E-state index in [1.807, 2.05) is 13.0 Å². The van der Waals surface area contributed by atoms with Gasteiger partial charge >= 0.3 is 0 Å². The highest BCUT2D eigenvalue weighted by Crippen LogP contribution is 2.27. The number of rotatable bonds is 3. The number of benzene rings is 1. The van der Waals surface area contributed by atoms with E-state index in [-0.39, 0.29) is 18.2 Å². The molecule has 4 heteroatoms. The highest BCUT2D eigenvalue weighted by molar-refractivity contribution is 6.28. The van der Waals surface area contributed by atoms with Gasteiger partial charge in [-0.1, -0.05) is 13.0 Å². The van der Waals surface area contributed by atoms with E-state index in [0.717, 1.165) is 6.42 Å². The van der Waals surface area contributed by atoms with E-state index in [4.69, 9.17) is 4.74 Å². The van der Waals surface area contributed by atoms with Crippen molar-refractivity contribution >= 4 is 17.5 Å². The minimum absolute atomic E-state index is 0.176. The van der Waals surface area contributed by atoms with Gasteiger partial charge in [-0.2, -0.15) is 0 Å². The molecule has 94 valence electrons. The molecule has 1 aliphatic rings. The summed E-state index contributed by atoms with van der Waals surface area (Å²) in [4.78, 5) is 25.1. The predicted molar refractivity (Wildman–Crippen MR) is 68.5 cm³/mol. The fraction of sp³-hybridized carbons (Fsp3) is 0.286. The maximum Gasteiger partial charge on any atom is 0.261 e. The monoisotopic (exact) mass is 245 g/mol. The Hall–Kier alpha value is -2.10. The molecule has 1 fully saturated rings. The van der Waals surface area contributed by atoms with Crippen molar-refractivity contribution < 1.29 is 14.3 Å². The van der Waals surface area contributed by atoms with Crippen LogP contribution >= 0.6 is 0 Å². The first-order chi connectivity index (χ1) is 8.67. The van der Waals surface area contributed by atoms with Gasteiger partial charge in [0, 0.05) is 5.57 Å². The molecule has 0 radical (unpaired) electrons. The standard InChI is InChI=1S/C14H15NO3/c1-3-4-10-9-13(16)15(14(10)17)11-5-7-12(18-2)8-6-11/h4-8H,3,9H2,1-2H3. The Balaban J connectivity index is 2.30. The third kappa shape index (κ3) is 2.14. The van der Waals surface area contributed by atoms with Crippen LogP contribution in [0.5, 0.6) is 5.75 Å². The quantitative estimate of drug-likeness (QED) is 0.606. The lowest BCUT2D eigenvalue weighted by Crippen LogP contribution is -2.28. The molecule has 0 N–H and O–H groups in total. The van der Waals surface area contributed by atoms with E-state index in [0.29, 0.717) is 17.0 Å². The molecular weight excluding hydrogens is 230 g/mol. The van der Waals surface area contributed by atoms with E-state index >= 15 is 0 Å². The number of hydrogen-bond donors (Lipinski definition) is 0. The third-order valence-corrected chi connectivity index (χ3v) is 2.85. The zero-order valence-electron chi connectivity index (χ0n) is 10.5. The SMILES string of the molecule is CCC=C1CC(=O)N(c2ccc(OC)cc2)C1=O. The highest BCUT2D eigenvalue weighted by Gasteiger charge is 2.34. The summed E-state index contributed by atoms with van der Waals surface area (Å²) in [5.41, 5.74) is 1.17. The Morgan fingerprint density at radius 2 is 1.94 bits per heavy atom. The number of hydrogen-bond acceptors (Lipinski definition) is 3. The van der Waals surface area contributed by atoms with Gasteiger partial charge in [-0.15, -0.1) is 0 Å².